The Balaban J connectivity index is 1.77. The number of aromatic hydroxyl groups is 1. The van der Waals surface area contributed by atoms with Crippen LogP contribution < -0.4 is 5.73 Å². The maximum atomic E-state index is 13.9. The summed E-state index contributed by atoms with van der Waals surface area (Å²) in [5, 5.41) is 15.1. The van der Waals surface area contributed by atoms with Gasteiger partial charge in [0.25, 0.3) is 0 Å². The molecule has 2 heterocycles. The van der Waals surface area contributed by atoms with Crippen LogP contribution >= 0.6 is 0 Å². The zero-order valence-electron chi connectivity index (χ0n) is 14.3. The lowest BCUT2D eigenvalue weighted by Gasteiger charge is -2.13. The van der Waals surface area contributed by atoms with Gasteiger partial charge in [0.05, 0.1) is 11.4 Å². The Kier molecular flexibility index (Phi) is 3.36. The number of nitrogen functional groups attached to an aromatic ring is 1. The molecule has 4 aromatic rings. The molecule has 0 amide bonds. The monoisotopic (exact) mass is 361 g/mol. The van der Waals surface area contributed by atoms with Crippen LogP contribution in [0.2, 0.25) is 0 Å². The first-order valence-corrected chi connectivity index (χ1v) is 8.68. The van der Waals surface area contributed by atoms with E-state index in [2.05, 4.69) is 22.1 Å². The molecular weight excluding hydrogens is 345 g/mol. The molecule has 7 heteroatoms. The maximum absolute atomic E-state index is 13.9. The van der Waals surface area contributed by atoms with Crippen molar-refractivity contribution >= 4 is 16.9 Å². The molecule has 2 aromatic carbocycles. The summed E-state index contributed by atoms with van der Waals surface area (Å²) in [6, 6.07) is 12.1. The van der Waals surface area contributed by atoms with Crippen molar-refractivity contribution in [2.45, 2.75) is 18.9 Å². The molecule has 6 nitrogen and oxygen atoms in total. The number of aromatic nitrogens is 4. The summed E-state index contributed by atoms with van der Waals surface area (Å²) in [5.41, 5.74) is 10.1. The van der Waals surface area contributed by atoms with Crippen LogP contribution in [0.4, 0.5) is 10.2 Å². The number of nitrogens with two attached hydrogens (primary N) is 1. The number of hydrogen-bond donors (Lipinski definition) is 2. The molecule has 0 saturated heterocycles. The molecule has 27 heavy (non-hydrogen) atoms. The Hall–Kier alpha value is -3.48. The number of hydrogen-bond acceptors (Lipinski definition) is 5. The van der Waals surface area contributed by atoms with Gasteiger partial charge in [-0.3, -0.25) is 0 Å². The highest BCUT2D eigenvalue weighted by Gasteiger charge is 2.28. The topological polar surface area (TPSA) is 89.8 Å². The molecule has 0 fully saturated rings. The van der Waals surface area contributed by atoms with Crippen LogP contribution in [0.25, 0.3) is 22.3 Å². The first-order valence-electron chi connectivity index (χ1n) is 8.68. The number of halogens is 1. The number of anilines is 1. The van der Waals surface area contributed by atoms with Crippen molar-refractivity contribution < 1.29 is 9.50 Å². The van der Waals surface area contributed by atoms with Crippen LogP contribution in [-0.4, -0.2) is 24.9 Å². The molecule has 2 aromatic heterocycles. The van der Waals surface area contributed by atoms with Crippen molar-refractivity contribution in [1.29, 1.82) is 0 Å². The third-order valence-corrected chi connectivity index (χ3v) is 5.07. The van der Waals surface area contributed by atoms with Gasteiger partial charge in [-0.25, -0.2) is 19.0 Å². The Labute approximate surface area is 154 Å². The van der Waals surface area contributed by atoms with E-state index in [9.17, 15) is 9.50 Å². The average molecular weight is 361 g/mol. The van der Waals surface area contributed by atoms with E-state index in [1.807, 2.05) is 16.8 Å². The highest BCUT2D eigenvalue weighted by Crippen LogP contribution is 2.39. The van der Waals surface area contributed by atoms with Crippen molar-refractivity contribution in [3.8, 4) is 17.0 Å². The lowest BCUT2D eigenvalue weighted by atomic mass is 10.1. The van der Waals surface area contributed by atoms with E-state index in [0.717, 1.165) is 18.9 Å². The van der Waals surface area contributed by atoms with E-state index >= 15 is 0 Å². The van der Waals surface area contributed by atoms with Gasteiger partial charge in [0.15, 0.2) is 5.65 Å². The summed E-state index contributed by atoms with van der Waals surface area (Å²) < 4.78 is 15.7. The van der Waals surface area contributed by atoms with E-state index < -0.39 is 5.82 Å². The third-order valence-electron chi connectivity index (χ3n) is 5.07. The number of phenols is 1. The predicted octanol–water partition coefficient (Wildman–Crippen LogP) is 3.46. The molecule has 1 aliphatic carbocycles. The molecule has 0 radical (unpaired) electrons. The van der Waals surface area contributed by atoms with Crippen molar-refractivity contribution in [3.63, 3.8) is 0 Å². The highest BCUT2D eigenvalue weighted by molar-refractivity contribution is 5.98. The standard InChI is InChI=1S/C20H16FN5O/c21-13-7-12(8-14(27)9-13)18-17-19(22)23-10-24-20(17)26(25-18)16-6-5-11-3-1-2-4-15(11)16/h1-4,7-10,16,27H,5-6H2,(H2,22,23,24). The zero-order valence-corrected chi connectivity index (χ0v) is 14.3. The minimum Gasteiger partial charge on any atom is -0.508 e. The van der Waals surface area contributed by atoms with Gasteiger partial charge in [-0.2, -0.15) is 5.10 Å². The number of benzene rings is 2. The normalized spacial score (nSPS) is 16.0. The summed E-state index contributed by atoms with van der Waals surface area (Å²) in [6.45, 7) is 0. The Bertz CT molecular complexity index is 1170. The van der Waals surface area contributed by atoms with Gasteiger partial charge in [-0.1, -0.05) is 24.3 Å². The van der Waals surface area contributed by atoms with Gasteiger partial charge in [-0.15, -0.1) is 0 Å². The van der Waals surface area contributed by atoms with Crippen LogP contribution in [-0.2, 0) is 6.42 Å². The SMILES string of the molecule is Nc1ncnc2c1c(-c1cc(O)cc(F)c1)nn2C1CCc2ccccc21. The van der Waals surface area contributed by atoms with Crippen molar-refractivity contribution in [1.82, 2.24) is 19.7 Å². The summed E-state index contributed by atoms with van der Waals surface area (Å²) >= 11 is 0. The van der Waals surface area contributed by atoms with Crippen molar-refractivity contribution in [3.05, 3.63) is 65.7 Å². The van der Waals surface area contributed by atoms with E-state index in [-0.39, 0.29) is 17.6 Å². The van der Waals surface area contributed by atoms with Gasteiger partial charge in [0.2, 0.25) is 0 Å². The molecule has 134 valence electrons. The van der Waals surface area contributed by atoms with E-state index in [1.54, 1.807) is 0 Å². The van der Waals surface area contributed by atoms with Gasteiger partial charge in [-0.05, 0) is 36.1 Å². The van der Waals surface area contributed by atoms with Gasteiger partial charge in [0, 0.05) is 11.6 Å². The average Bonchev–Trinajstić information content (AvgIpc) is 3.23. The molecule has 1 atom stereocenters. The quantitative estimate of drug-likeness (QED) is 0.571. The summed E-state index contributed by atoms with van der Waals surface area (Å²) in [5.74, 6) is -0.444. The van der Waals surface area contributed by atoms with Crippen LogP contribution in [0, 0.1) is 5.82 Å². The lowest BCUT2D eigenvalue weighted by Crippen LogP contribution is -2.10. The minimum atomic E-state index is -0.547. The summed E-state index contributed by atoms with van der Waals surface area (Å²) in [4.78, 5) is 8.48. The van der Waals surface area contributed by atoms with E-state index in [4.69, 9.17) is 10.8 Å². The van der Waals surface area contributed by atoms with Gasteiger partial charge in [0.1, 0.15) is 29.4 Å². The minimum absolute atomic E-state index is 0.0221. The second kappa shape index (κ2) is 5.77. The zero-order chi connectivity index (χ0) is 18.5. The molecule has 0 saturated carbocycles. The fourth-order valence-electron chi connectivity index (χ4n) is 3.91. The highest BCUT2D eigenvalue weighted by atomic mass is 19.1. The molecule has 0 spiro atoms. The van der Waals surface area contributed by atoms with Crippen LogP contribution in [0.3, 0.4) is 0 Å². The molecule has 0 aliphatic heterocycles. The maximum Gasteiger partial charge on any atom is 0.164 e. The van der Waals surface area contributed by atoms with Crippen molar-refractivity contribution in [2.75, 3.05) is 5.73 Å². The Morgan fingerprint density at radius 2 is 2.00 bits per heavy atom. The number of aryl methyl sites for hydroxylation is 1. The van der Waals surface area contributed by atoms with Crippen molar-refractivity contribution in [2.24, 2.45) is 0 Å². The molecule has 1 aliphatic rings. The largest absolute Gasteiger partial charge is 0.508 e. The van der Waals surface area contributed by atoms with Crippen LogP contribution in [0.5, 0.6) is 5.75 Å². The smallest absolute Gasteiger partial charge is 0.164 e. The Morgan fingerprint density at radius 3 is 2.85 bits per heavy atom. The number of rotatable bonds is 2. The summed E-state index contributed by atoms with van der Waals surface area (Å²) in [6.07, 6.45) is 3.26. The van der Waals surface area contributed by atoms with Crippen LogP contribution in [0.1, 0.15) is 23.6 Å². The molecule has 1 unspecified atom stereocenters. The molecule has 5 rings (SSSR count). The second-order valence-corrected chi connectivity index (χ2v) is 6.70. The van der Waals surface area contributed by atoms with Gasteiger partial charge < -0.3 is 10.8 Å². The lowest BCUT2D eigenvalue weighted by molar-refractivity contribution is 0.469. The molecule has 3 N–H and O–H groups in total. The predicted molar refractivity (Wildman–Crippen MR) is 99.7 cm³/mol. The Morgan fingerprint density at radius 1 is 1.15 bits per heavy atom. The molecule has 0 bridgehead atoms. The summed E-state index contributed by atoms with van der Waals surface area (Å²) in [7, 11) is 0. The third kappa shape index (κ3) is 2.43. The van der Waals surface area contributed by atoms with Gasteiger partial charge >= 0.3 is 0 Å². The fraction of sp³-hybridized carbons (Fsp3) is 0.150. The van der Waals surface area contributed by atoms with E-state index in [1.165, 1.54) is 29.6 Å². The second-order valence-electron chi connectivity index (χ2n) is 6.70. The first-order chi connectivity index (χ1) is 13.1. The first kappa shape index (κ1) is 15.7. The van der Waals surface area contributed by atoms with E-state index in [0.29, 0.717) is 22.3 Å². The number of nitrogens with zero attached hydrogens (tertiary/aromatic N) is 4. The fourth-order valence-corrected chi connectivity index (χ4v) is 3.91. The van der Waals surface area contributed by atoms with Crippen LogP contribution in [0.15, 0.2) is 48.8 Å². The number of fused-ring (bicyclic) bond motifs is 2. The molecular formula is C20H16FN5O. The number of phenolic OH excluding ortho intramolecular Hbond substituents is 1.